The van der Waals surface area contributed by atoms with Gasteiger partial charge in [0, 0.05) is 12.7 Å². The van der Waals surface area contributed by atoms with Crippen molar-refractivity contribution in [1.29, 1.82) is 0 Å². The first kappa shape index (κ1) is 21.5. The van der Waals surface area contributed by atoms with Crippen LogP contribution in [0.4, 0.5) is 24.5 Å². The summed E-state index contributed by atoms with van der Waals surface area (Å²) in [5.74, 6) is -0.972. The van der Waals surface area contributed by atoms with Crippen LogP contribution in [0.1, 0.15) is 30.0 Å². The van der Waals surface area contributed by atoms with Crippen LogP contribution < -0.4 is 10.1 Å². The summed E-state index contributed by atoms with van der Waals surface area (Å²) < 4.78 is 50.0. The molecule has 2 aromatic heterocycles. The average Bonchev–Trinajstić information content (AvgIpc) is 2.97. The Balaban J connectivity index is 2.18. The lowest BCUT2D eigenvalue weighted by molar-refractivity contribution is -0.153. The summed E-state index contributed by atoms with van der Waals surface area (Å²) in [5.41, 5.74) is 2.35. The summed E-state index contributed by atoms with van der Waals surface area (Å²) in [6, 6.07) is 11.0. The zero-order valence-electron chi connectivity index (χ0n) is 16.8. The van der Waals surface area contributed by atoms with E-state index < -0.39 is 18.8 Å². The van der Waals surface area contributed by atoms with E-state index in [9.17, 15) is 18.0 Å². The number of para-hydroxylation sites is 1. The van der Waals surface area contributed by atoms with Gasteiger partial charge in [0.2, 0.25) is 0 Å². The molecule has 1 aromatic carbocycles. The molecule has 0 aliphatic rings. The zero-order chi connectivity index (χ0) is 21.9. The fourth-order valence-electron chi connectivity index (χ4n) is 3.13. The van der Waals surface area contributed by atoms with Gasteiger partial charge in [-0.05, 0) is 31.5 Å². The van der Waals surface area contributed by atoms with Crippen LogP contribution in [0.2, 0.25) is 0 Å². The van der Waals surface area contributed by atoms with Crippen molar-refractivity contribution in [3.05, 3.63) is 47.8 Å². The fraction of sp³-hybridized carbons (Fsp3) is 0.333. The van der Waals surface area contributed by atoms with E-state index >= 15 is 0 Å². The van der Waals surface area contributed by atoms with Crippen LogP contribution in [0.3, 0.4) is 0 Å². The molecule has 0 aliphatic carbocycles. The van der Waals surface area contributed by atoms with Gasteiger partial charge < -0.3 is 19.4 Å². The van der Waals surface area contributed by atoms with E-state index in [1.165, 1.54) is 4.57 Å². The predicted octanol–water partition coefficient (Wildman–Crippen LogP) is 5.00. The minimum absolute atomic E-state index is 0.0769. The maximum atomic E-state index is 12.8. The Morgan fingerprint density at radius 3 is 2.50 bits per heavy atom. The van der Waals surface area contributed by atoms with Gasteiger partial charge in [-0.15, -0.1) is 0 Å². The molecule has 1 N–H and O–H groups in total. The number of carbonyl (C=O) groups is 1. The molecule has 0 atom stereocenters. The molecule has 0 spiro atoms. The van der Waals surface area contributed by atoms with Gasteiger partial charge in [-0.25, -0.2) is 9.78 Å². The first-order valence-corrected chi connectivity index (χ1v) is 9.46. The maximum Gasteiger partial charge on any atom is 0.422 e. The number of hydrogen-bond donors (Lipinski definition) is 1. The summed E-state index contributed by atoms with van der Waals surface area (Å²) in [7, 11) is 1.55. The number of alkyl halides is 3. The van der Waals surface area contributed by atoms with Crippen molar-refractivity contribution in [1.82, 2.24) is 9.55 Å². The molecule has 0 saturated carbocycles. The number of halogens is 3. The van der Waals surface area contributed by atoms with Crippen LogP contribution in [0.25, 0.3) is 11.0 Å². The molecule has 0 fully saturated rings. The second kappa shape index (κ2) is 8.64. The predicted molar refractivity (Wildman–Crippen MR) is 107 cm³/mol. The molecule has 0 unspecified atom stereocenters. The Bertz CT molecular complexity index is 1050. The van der Waals surface area contributed by atoms with E-state index in [1.807, 2.05) is 37.3 Å². The number of carbonyl (C=O) groups excluding carboxylic acids is 1. The normalized spacial score (nSPS) is 11.5. The fourth-order valence-corrected chi connectivity index (χ4v) is 3.13. The minimum Gasteiger partial charge on any atom is -0.481 e. The second-order valence-electron chi connectivity index (χ2n) is 6.56. The van der Waals surface area contributed by atoms with E-state index in [2.05, 4.69) is 10.3 Å². The molecule has 9 heteroatoms. The molecule has 160 valence electrons. The van der Waals surface area contributed by atoms with Crippen molar-refractivity contribution in [3.8, 4) is 5.75 Å². The van der Waals surface area contributed by atoms with Crippen molar-refractivity contribution in [2.45, 2.75) is 26.4 Å². The van der Waals surface area contributed by atoms with E-state index in [0.717, 1.165) is 5.69 Å². The number of fused-ring (bicyclic) bond motifs is 1. The number of hydrogen-bond acceptors (Lipinski definition) is 5. The number of nitrogens with one attached hydrogen (secondary N) is 1. The van der Waals surface area contributed by atoms with Crippen LogP contribution >= 0.6 is 0 Å². The molecular formula is C21H22F3N3O3. The number of pyridine rings is 1. The summed E-state index contributed by atoms with van der Waals surface area (Å²) in [5, 5.41) is 3.52. The van der Waals surface area contributed by atoms with Gasteiger partial charge in [-0.1, -0.05) is 25.1 Å². The number of rotatable bonds is 7. The number of aryl methyl sites for hydroxylation is 2. The number of ether oxygens (including phenoxy) is 2. The molecule has 6 nitrogen and oxygen atoms in total. The number of anilines is 2. The standard InChI is InChI=1S/C21H22F3N3O3/c1-4-15-16(25-13-9-7-6-8-10-13)11-14-18(30-12-21(22,23)24)17(20(28)29-5-2)27(3)19(14)26-15/h6-11,25H,4-5,12H2,1-3H3. The molecule has 30 heavy (non-hydrogen) atoms. The van der Waals surface area contributed by atoms with Gasteiger partial charge in [0.25, 0.3) is 0 Å². The van der Waals surface area contributed by atoms with E-state index in [1.54, 1.807) is 20.0 Å². The molecule has 0 aliphatic heterocycles. The van der Waals surface area contributed by atoms with Crippen molar-refractivity contribution >= 4 is 28.4 Å². The van der Waals surface area contributed by atoms with Crippen molar-refractivity contribution in [2.75, 3.05) is 18.5 Å². The number of esters is 1. The molecular weight excluding hydrogens is 399 g/mol. The van der Waals surface area contributed by atoms with Crippen molar-refractivity contribution < 1.29 is 27.4 Å². The third-order valence-corrected chi connectivity index (χ3v) is 4.43. The lowest BCUT2D eigenvalue weighted by Crippen LogP contribution is -2.20. The molecule has 0 bridgehead atoms. The average molecular weight is 421 g/mol. The number of benzene rings is 1. The Morgan fingerprint density at radius 1 is 1.20 bits per heavy atom. The quantitative estimate of drug-likeness (QED) is 0.544. The smallest absolute Gasteiger partial charge is 0.422 e. The largest absolute Gasteiger partial charge is 0.481 e. The first-order valence-electron chi connectivity index (χ1n) is 9.46. The Morgan fingerprint density at radius 2 is 1.90 bits per heavy atom. The van der Waals surface area contributed by atoms with E-state index in [4.69, 9.17) is 9.47 Å². The molecule has 0 radical (unpaired) electrons. The van der Waals surface area contributed by atoms with Crippen molar-refractivity contribution in [2.24, 2.45) is 7.05 Å². The maximum absolute atomic E-state index is 12.8. The van der Waals surface area contributed by atoms with Crippen LogP contribution in [0.5, 0.6) is 5.75 Å². The van der Waals surface area contributed by atoms with Gasteiger partial charge >= 0.3 is 12.1 Å². The molecule has 3 rings (SSSR count). The van der Waals surface area contributed by atoms with E-state index in [0.29, 0.717) is 28.8 Å². The van der Waals surface area contributed by atoms with Gasteiger partial charge in [0.15, 0.2) is 18.1 Å². The van der Waals surface area contributed by atoms with Gasteiger partial charge in [0.05, 0.1) is 23.4 Å². The van der Waals surface area contributed by atoms with Crippen molar-refractivity contribution in [3.63, 3.8) is 0 Å². The van der Waals surface area contributed by atoms with Crippen LogP contribution in [-0.4, -0.2) is 34.9 Å². The van der Waals surface area contributed by atoms with Gasteiger partial charge in [-0.3, -0.25) is 0 Å². The highest BCUT2D eigenvalue weighted by Gasteiger charge is 2.32. The Kier molecular flexibility index (Phi) is 6.19. The summed E-state index contributed by atoms with van der Waals surface area (Å²) in [4.78, 5) is 17.1. The lowest BCUT2D eigenvalue weighted by Gasteiger charge is -2.12. The monoisotopic (exact) mass is 421 g/mol. The van der Waals surface area contributed by atoms with Gasteiger partial charge in [0.1, 0.15) is 5.65 Å². The third-order valence-electron chi connectivity index (χ3n) is 4.43. The highest BCUT2D eigenvalue weighted by Crippen LogP contribution is 2.37. The van der Waals surface area contributed by atoms with E-state index in [-0.39, 0.29) is 18.1 Å². The summed E-state index contributed by atoms with van der Waals surface area (Å²) >= 11 is 0. The lowest BCUT2D eigenvalue weighted by atomic mass is 10.2. The van der Waals surface area contributed by atoms with Gasteiger partial charge in [-0.2, -0.15) is 13.2 Å². The SMILES string of the molecule is CCOC(=O)c1c(OCC(F)(F)F)c2cc(Nc3ccccc3)c(CC)nc2n1C. The zero-order valence-corrected chi connectivity index (χ0v) is 16.8. The number of nitrogens with zero attached hydrogens (tertiary/aromatic N) is 2. The summed E-state index contributed by atoms with van der Waals surface area (Å²) in [6.07, 6.45) is -3.99. The Hall–Kier alpha value is -3.23. The van der Waals surface area contributed by atoms with Crippen LogP contribution in [0, 0.1) is 0 Å². The molecule has 0 saturated heterocycles. The Labute approximate surface area is 171 Å². The molecule has 3 aromatic rings. The second-order valence-corrected chi connectivity index (χ2v) is 6.56. The highest BCUT2D eigenvalue weighted by molar-refractivity contribution is 6.01. The summed E-state index contributed by atoms with van der Waals surface area (Å²) in [6.45, 7) is 2.08. The minimum atomic E-state index is -4.56. The molecule has 0 amide bonds. The highest BCUT2D eigenvalue weighted by atomic mass is 19.4. The van der Waals surface area contributed by atoms with Crippen LogP contribution in [-0.2, 0) is 18.2 Å². The molecule has 2 heterocycles. The topological polar surface area (TPSA) is 65.4 Å². The number of aromatic nitrogens is 2. The third kappa shape index (κ3) is 4.50. The first-order chi connectivity index (χ1) is 14.2. The van der Waals surface area contributed by atoms with Crippen LogP contribution in [0.15, 0.2) is 36.4 Å².